The molecular formula is C25H27N5O10S. The van der Waals surface area contributed by atoms with E-state index < -0.39 is 27.8 Å². The van der Waals surface area contributed by atoms with Gasteiger partial charge in [0.25, 0.3) is 16.1 Å². The molecule has 0 aliphatic rings. The molecule has 0 bridgehead atoms. The van der Waals surface area contributed by atoms with Crippen molar-refractivity contribution in [1.29, 1.82) is 0 Å². The largest absolute Gasteiger partial charge is 0.472 e. The van der Waals surface area contributed by atoms with Crippen molar-refractivity contribution in [3.8, 4) is 5.88 Å². The molecule has 0 saturated heterocycles. The molecule has 1 atom stereocenters. The van der Waals surface area contributed by atoms with E-state index in [0.29, 0.717) is 16.7 Å². The Bertz CT molecular complexity index is 1330. The van der Waals surface area contributed by atoms with Crippen molar-refractivity contribution in [2.45, 2.75) is 45.6 Å². The number of nitrogens with zero attached hydrogens (tertiary/aromatic N) is 5. The second kappa shape index (κ2) is 14.0. The van der Waals surface area contributed by atoms with Gasteiger partial charge >= 0.3 is 5.97 Å². The van der Waals surface area contributed by atoms with Crippen LogP contribution in [0.3, 0.4) is 0 Å². The molecule has 0 saturated carbocycles. The fraction of sp³-hybridized carbons (Fsp3) is 0.360. The summed E-state index contributed by atoms with van der Waals surface area (Å²) in [6.45, 7) is 4.75. The van der Waals surface area contributed by atoms with E-state index in [-0.39, 0.29) is 43.7 Å². The van der Waals surface area contributed by atoms with Crippen LogP contribution in [-0.4, -0.2) is 60.5 Å². The van der Waals surface area contributed by atoms with Crippen LogP contribution in [0, 0.1) is 20.2 Å². The third-order valence-corrected chi connectivity index (χ3v) is 6.00. The van der Waals surface area contributed by atoms with Crippen LogP contribution in [0.4, 0.5) is 0 Å². The molecule has 0 aliphatic carbocycles. The number of carbonyl (C=O) groups is 2. The first kappa shape index (κ1) is 30.7. The van der Waals surface area contributed by atoms with Crippen molar-refractivity contribution in [3.63, 3.8) is 0 Å². The second-order valence-corrected chi connectivity index (χ2v) is 10.1. The molecule has 1 heterocycles. The number of esters is 1. The van der Waals surface area contributed by atoms with Crippen LogP contribution >= 0.6 is 11.7 Å². The average molecular weight is 590 g/mol. The van der Waals surface area contributed by atoms with Gasteiger partial charge in [0.1, 0.15) is 26.0 Å². The average Bonchev–Trinajstić information content (AvgIpc) is 3.45. The van der Waals surface area contributed by atoms with Crippen LogP contribution < -0.4 is 4.74 Å². The molecule has 0 spiro atoms. The third-order valence-electron chi connectivity index (χ3n) is 5.54. The number of hydrogen-bond acceptors (Lipinski definition) is 13. The molecule has 3 rings (SSSR count). The molecule has 218 valence electrons. The van der Waals surface area contributed by atoms with Crippen molar-refractivity contribution in [3.05, 3.63) is 97.2 Å². The van der Waals surface area contributed by atoms with E-state index in [0.717, 1.165) is 11.7 Å². The van der Waals surface area contributed by atoms with Gasteiger partial charge in [0.2, 0.25) is 5.88 Å². The standard InChI is InChI=1S/C25H27N5O10S/c1-25(2,3)28(23(31)19-8-4-17(5-9-19)14-38-29(33)34)13-21(16-37-22-12-26-41-27-22)40-24(32)20-10-6-18(7-11-20)15-39-30(35)36/h4-12,21H,13-16H2,1-3H3. The highest BCUT2D eigenvalue weighted by molar-refractivity contribution is 6.99. The fourth-order valence-corrected chi connectivity index (χ4v) is 3.86. The Morgan fingerprint density at radius 1 is 0.927 bits per heavy atom. The number of hydrogen-bond donors (Lipinski definition) is 0. The van der Waals surface area contributed by atoms with E-state index in [1.165, 1.54) is 47.5 Å². The highest BCUT2D eigenvalue weighted by Gasteiger charge is 2.32. The molecule has 0 aliphatic heterocycles. The van der Waals surface area contributed by atoms with E-state index >= 15 is 0 Å². The second-order valence-electron chi connectivity index (χ2n) is 9.56. The van der Waals surface area contributed by atoms with Gasteiger partial charge in [-0.1, -0.05) is 24.3 Å². The lowest BCUT2D eigenvalue weighted by molar-refractivity contribution is -0.763. The van der Waals surface area contributed by atoms with Gasteiger partial charge in [0.05, 0.1) is 23.8 Å². The van der Waals surface area contributed by atoms with Crippen LogP contribution in [-0.2, 0) is 27.6 Å². The molecule has 15 nitrogen and oxygen atoms in total. The Hall–Kier alpha value is -4.86. The number of amides is 1. The first-order chi connectivity index (χ1) is 19.4. The van der Waals surface area contributed by atoms with Gasteiger partial charge in [-0.25, -0.2) is 4.79 Å². The maximum absolute atomic E-state index is 13.6. The van der Waals surface area contributed by atoms with Gasteiger partial charge in [0, 0.05) is 11.1 Å². The number of ether oxygens (including phenoxy) is 2. The Balaban J connectivity index is 1.77. The van der Waals surface area contributed by atoms with E-state index in [4.69, 9.17) is 9.47 Å². The fourth-order valence-electron chi connectivity index (χ4n) is 3.50. The summed E-state index contributed by atoms with van der Waals surface area (Å²) in [6.07, 6.45) is 0.476. The number of carbonyl (C=O) groups excluding carboxylic acids is 2. The smallest absolute Gasteiger partial charge is 0.338 e. The van der Waals surface area contributed by atoms with Crippen LogP contribution in [0.15, 0.2) is 54.7 Å². The van der Waals surface area contributed by atoms with Crippen molar-refractivity contribution in [2.75, 3.05) is 13.2 Å². The lowest BCUT2D eigenvalue weighted by Crippen LogP contribution is -2.51. The Labute approximate surface area is 238 Å². The van der Waals surface area contributed by atoms with Gasteiger partial charge in [0.15, 0.2) is 6.10 Å². The first-order valence-corrected chi connectivity index (χ1v) is 12.8. The molecule has 0 fully saturated rings. The maximum atomic E-state index is 13.6. The molecule has 2 aromatic carbocycles. The number of rotatable bonds is 14. The normalized spacial score (nSPS) is 11.7. The Kier molecular flexibility index (Phi) is 10.5. The molecule has 0 radical (unpaired) electrons. The predicted molar refractivity (Wildman–Crippen MR) is 142 cm³/mol. The van der Waals surface area contributed by atoms with Gasteiger partial charge in [-0.15, -0.1) is 24.6 Å². The lowest BCUT2D eigenvalue weighted by atomic mass is 10.0. The minimum atomic E-state index is -0.933. The lowest BCUT2D eigenvalue weighted by Gasteiger charge is -2.38. The third kappa shape index (κ3) is 9.68. The topological polar surface area (TPSA) is 186 Å². The van der Waals surface area contributed by atoms with E-state index in [9.17, 15) is 29.8 Å². The summed E-state index contributed by atoms with van der Waals surface area (Å²) in [5, 5.41) is 19.1. The van der Waals surface area contributed by atoms with Crippen molar-refractivity contribution in [2.24, 2.45) is 0 Å². The van der Waals surface area contributed by atoms with Crippen molar-refractivity contribution >= 4 is 23.6 Å². The minimum absolute atomic E-state index is 0.0490. The zero-order valence-corrected chi connectivity index (χ0v) is 23.1. The van der Waals surface area contributed by atoms with Crippen LogP contribution in [0.2, 0.25) is 0 Å². The van der Waals surface area contributed by atoms with E-state index in [2.05, 4.69) is 18.4 Å². The first-order valence-electron chi connectivity index (χ1n) is 12.1. The summed E-state index contributed by atoms with van der Waals surface area (Å²) in [5.74, 6) is -0.841. The summed E-state index contributed by atoms with van der Waals surface area (Å²) < 4.78 is 19.2. The summed E-state index contributed by atoms with van der Waals surface area (Å²) >= 11 is 0.940. The summed E-state index contributed by atoms with van der Waals surface area (Å²) in [5.41, 5.74) is 0.766. The number of benzene rings is 2. The molecule has 41 heavy (non-hydrogen) atoms. The molecule has 1 amide bonds. The molecular weight excluding hydrogens is 562 g/mol. The zero-order chi connectivity index (χ0) is 30.0. The molecule has 1 aromatic heterocycles. The summed E-state index contributed by atoms with van der Waals surface area (Å²) in [7, 11) is 0. The molecule has 16 heteroatoms. The molecule has 0 N–H and O–H groups in total. The predicted octanol–water partition coefficient (Wildman–Crippen LogP) is 3.50. The summed E-state index contributed by atoms with van der Waals surface area (Å²) in [4.78, 5) is 57.7. The maximum Gasteiger partial charge on any atom is 0.338 e. The van der Waals surface area contributed by atoms with Crippen LogP contribution in [0.5, 0.6) is 5.88 Å². The van der Waals surface area contributed by atoms with Crippen LogP contribution in [0.1, 0.15) is 52.6 Å². The quantitative estimate of drug-likeness (QED) is 0.151. The highest BCUT2D eigenvalue weighted by atomic mass is 32.1. The van der Waals surface area contributed by atoms with E-state index in [1.54, 1.807) is 12.1 Å². The zero-order valence-electron chi connectivity index (χ0n) is 22.3. The minimum Gasteiger partial charge on any atom is -0.472 e. The SMILES string of the molecule is CC(C)(C)N(CC(COc1cnsn1)OC(=O)c1ccc(CO[N+](=O)[O-])cc1)C(=O)c1ccc(CO[N+](=O)[O-])cc1. The highest BCUT2D eigenvalue weighted by Crippen LogP contribution is 2.21. The van der Waals surface area contributed by atoms with Gasteiger partial charge in [-0.2, -0.15) is 4.37 Å². The van der Waals surface area contributed by atoms with Crippen molar-refractivity contribution < 1.29 is 38.9 Å². The van der Waals surface area contributed by atoms with Crippen LogP contribution in [0.25, 0.3) is 0 Å². The van der Waals surface area contributed by atoms with E-state index in [1.807, 2.05) is 20.8 Å². The molecule has 3 aromatic rings. The van der Waals surface area contributed by atoms with Gasteiger partial charge < -0.3 is 24.0 Å². The Morgan fingerprint density at radius 3 is 1.93 bits per heavy atom. The monoisotopic (exact) mass is 589 g/mol. The molecule has 1 unspecified atom stereocenters. The number of aromatic nitrogens is 2. The van der Waals surface area contributed by atoms with Crippen molar-refractivity contribution in [1.82, 2.24) is 13.6 Å². The van der Waals surface area contributed by atoms with Gasteiger partial charge in [-0.3, -0.25) is 4.79 Å². The Morgan fingerprint density at radius 2 is 1.46 bits per heavy atom. The van der Waals surface area contributed by atoms with Gasteiger partial charge in [-0.05, 0) is 56.2 Å². The summed E-state index contributed by atoms with van der Waals surface area (Å²) in [6, 6.07) is 12.0.